The highest BCUT2D eigenvalue weighted by Crippen LogP contribution is 2.14. The quantitative estimate of drug-likeness (QED) is 0.0994. The second-order valence-electron chi connectivity index (χ2n) is 3.02. The van der Waals surface area contributed by atoms with Gasteiger partial charge in [0.05, 0.1) is 26.4 Å². The molecule has 21 heavy (non-hydrogen) atoms. The zero-order valence-corrected chi connectivity index (χ0v) is 12.2. The maximum absolute atomic E-state index is 8.60. The van der Waals surface area contributed by atoms with Crippen molar-refractivity contribution in [2.75, 3.05) is 52.9 Å². The molecule has 0 aliphatic carbocycles. The minimum atomic E-state index is -4.28. The first-order chi connectivity index (χ1) is 10.2. The van der Waals surface area contributed by atoms with Crippen LogP contribution in [0, 0.1) is 0 Å². The monoisotopic (exact) mass is 336 g/mol. The Bertz CT molecular complexity index is 174. The summed E-state index contributed by atoms with van der Waals surface area (Å²) < 4.78 is 18.8. The number of hydrogen-bond donors (Lipinski definition) is 4. The first kappa shape index (κ1) is 20.7. The van der Waals surface area contributed by atoms with Gasteiger partial charge in [-0.15, -0.1) is 0 Å². The Hall–Kier alpha value is -0.263. The van der Waals surface area contributed by atoms with Crippen LogP contribution in [0.3, 0.4) is 0 Å². The molecule has 13 heteroatoms. The predicted molar refractivity (Wildman–Crippen MR) is 62.2 cm³/mol. The van der Waals surface area contributed by atoms with Gasteiger partial charge in [-0.05, 0) is 0 Å². The summed E-state index contributed by atoms with van der Waals surface area (Å²) in [6.45, 7) is -2.44. The fraction of sp³-hybridized carbons (Fsp3) is 1.00. The van der Waals surface area contributed by atoms with Crippen LogP contribution in [-0.4, -0.2) is 82.3 Å². The molecule has 0 heterocycles. The zero-order valence-electron chi connectivity index (χ0n) is 11.2. The lowest BCUT2D eigenvalue weighted by atomic mass is 10.8. The van der Waals surface area contributed by atoms with E-state index in [4.69, 9.17) is 38.7 Å². The average Bonchev–Trinajstić information content (AvgIpc) is 2.48. The maximum Gasteiger partial charge on any atom is 0.792 e. The summed E-state index contributed by atoms with van der Waals surface area (Å²) in [7, 11) is -4.28. The molecule has 0 unspecified atom stereocenters. The van der Waals surface area contributed by atoms with Gasteiger partial charge in [-0.2, -0.15) is 18.3 Å². The van der Waals surface area contributed by atoms with Gasteiger partial charge >= 0.3 is 9.05 Å². The number of hydrogen-bond acceptors (Lipinski definition) is 12. The SMILES string of the molecule is OCCOO[Si](OOCCO)(OOCCO)OOCCO. The van der Waals surface area contributed by atoms with Crippen LogP contribution < -0.4 is 0 Å². The van der Waals surface area contributed by atoms with E-state index in [1.807, 2.05) is 0 Å². The second kappa shape index (κ2) is 14.7. The highest BCUT2D eigenvalue weighted by Gasteiger charge is 2.54. The fourth-order valence-electron chi connectivity index (χ4n) is 0.688. The van der Waals surface area contributed by atoms with Gasteiger partial charge in [-0.1, -0.05) is 0 Å². The summed E-state index contributed by atoms with van der Waals surface area (Å²) in [6.07, 6.45) is 0. The molecule has 0 amide bonds. The molecule has 0 rings (SSSR count). The Balaban J connectivity index is 4.52. The van der Waals surface area contributed by atoms with E-state index in [0.717, 1.165) is 0 Å². The molecule has 0 radical (unpaired) electrons. The van der Waals surface area contributed by atoms with Gasteiger partial charge in [-0.3, -0.25) is 0 Å². The van der Waals surface area contributed by atoms with Crippen LogP contribution in [0.15, 0.2) is 0 Å². The van der Waals surface area contributed by atoms with E-state index >= 15 is 0 Å². The van der Waals surface area contributed by atoms with Crippen molar-refractivity contribution < 1.29 is 58.3 Å². The molecule has 128 valence electrons. The van der Waals surface area contributed by atoms with Gasteiger partial charge in [0, 0.05) is 0 Å². The van der Waals surface area contributed by atoms with E-state index in [1.54, 1.807) is 0 Å². The van der Waals surface area contributed by atoms with Crippen LogP contribution in [0.5, 0.6) is 0 Å². The largest absolute Gasteiger partial charge is 0.792 e. The Morgan fingerprint density at radius 1 is 0.476 bits per heavy atom. The van der Waals surface area contributed by atoms with Crippen molar-refractivity contribution in [3.8, 4) is 0 Å². The molecule has 0 aromatic rings. The zero-order chi connectivity index (χ0) is 15.8. The average molecular weight is 336 g/mol. The standard InChI is InChI=1S/C8H20O12Si/c9-1-5-13-17-21(18-14-6-2-10,19-15-7-3-11)20-16-8-4-12/h9-12H,1-8H2. The van der Waals surface area contributed by atoms with E-state index < -0.39 is 9.05 Å². The molecule has 4 N–H and O–H groups in total. The number of rotatable bonds is 16. The van der Waals surface area contributed by atoms with Crippen LogP contribution >= 0.6 is 0 Å². The lowest BCUT2D eigenvalue weighted by molar-refractivity contribution is -0.429. The van der Waals surface area contributed by atoms with Crippen LogP contribution in [0.25, 0.3) is 0 Å². The van der Waals surface area contributed by atoms with Crippen LogP contribution in [0.4, 0.5) is 0 Å². The molecule has 12 nitrogen and oxygen atoms in total. The molecule has 0 aromatic heterocycles. The van der Waals surface area contributed by atoms with Gasteiger partial charge in [0.15, 0.2) is 0 Å². The van der Waals surface area contributed by atoms with Crippen molar-refractivity contribution in [1.29, 1.82) is 0 Å². The third-order valence-corrected chi connectivity index (χ3v) is 2.63. The Morgan fingerprint density at radius 2 is 0.714 bits per heavy atom. The summed E-state index contributed by atoms with van der Waals surface area (Å²) in [6, 6.07) is 0. The number of aliphatic hydroxyl groups is 4. The van der Waals surface area contributed by atoms with Gasteiger partial charge in [0.1, 0.15) is 26.4 Å². The summed E-state index contributed by atoms with van der Waals surface area (Å²) in [5.74, 6) is 0. The van der Waals surface area contributed by atoms with E-state index in [9.17, 15) is 0 Å². The van der Waals surface area contributed by atoms with E-state index in [0.29, 0.717) is 0 Å². The third-order valence-electron chi connectivity index (χ3n) is 1.34. The molecule has 0 spiro atoms. The Kier molecular flexibility index (Phi) is 14.5. The summed E-state index contributed by atoms with van der Waals surface area (Å²) in [4.78, 5) is 18.2. The maximum atomic E-state index is 8.60. The highest BCUT2D eigenvalue weighted by atomic mass is 28.4. The van der Waals surface area contributed by atoms with Crippen molar-refractivity contribution >= 4 is 9.05 Å². The van der Waals surface area contributed by atoms with Crippen molar-refractivity contribution in [3.05, 3.63) is 0 Å². The molecule has 0 aromatic carbocycles. The van der Waals surface area contributed by atoms with E-state index in [-0.39, 0.29) is 52.9 Å². The molecule has 0 saturated carbocycles. The van der Waals surface area contributed by atoms with Crippen molar-refractivity contribution in [3.63, 3.8) is 0 Å². The minimum absolute atomic E-state index is 0.245. The van der Waals surface area contributed by atoms with E-state index in [1.165, 1.54) is 0 Å². The van der Waals surface area contributed by atoms with Gasteiger partial charge in [-0.25, -0.2) is 19.6 Å². The van der Waals surface area contributed by atoms with Gasteiger partial charge in [0.2, 0.25) is 0 Å². The Morgan fingerprint density at radius 3 is 0.905 bits per heavy atom. The fourth-order valence-corrected chi connectivity index (χ4v) is 1.77. The molecule has 0 atom stereocenters. The second-order valence-corrected chi connectivity index (χ2v) is 4.68. The van der Waals surface area contributed by atoms with Gasteiger partial charge in [0.25, 0.3) is 0 Å². The van der Waals surface area contributed by atoms with Crippen LogP contribution in [0.2, 0.25) is 0 Å². The van der Waals surface area contributed by atoms with Crippen molar-refractivity contribution in [1.82, 2.24) is 0 Å². The normalized spacial score (nSPS) is 12.0. The molecular formula is C8H20O12Si. The number of aliphatic hydroxyl groups excluding tert-OH is 4. The van der Waals surface area contributed by atoms with Crippen LogP contribution in [-0.2, 0) is 37.9 Å². The highest BCUT2D eigenvalue weighted by molar-refractivity contribution is 6.52. The molecule has 0 fully saturated rings. The first-order valence-corrected chi connectivity index (χ1v) is 7.54. The molecule has 0 aliphatic heterocycles. The van der Waals surface area contributed by atoms with Crippen molar-refractivity contribution in [2.24, 2.45) is 0 Å². The van der Waals surface area contributed by atoms with Crippen molar-refractivity contribution in [2.45, 2.75) is 0 Å². The van der Waals surface area contributed by atoms with Crippen LogP contribution in [0.1, 0.15) is 0 Å². The Labute approximate surface area is 121 Å². The van der Waals surface area contributed by atoms with Gasteiger partial charge < -0.3 is 20.4 Å². The topological polar surface area (TPSA) is 155 Å². The first-order valence-electron chi connectivity index (χ1n) is 5.90. The molecule has 0 aliphatic rings. The summed E-state index contributed by atoms with van der Waals surface area (Å²) >= 11 is 0. The smallest absolute Gasteiger partial charge is 0.394 e. The lowest BCUT2D eigenvalue weighted by Gasteiger charge is -2.22. The molecule has 0 saturated heterocycles. The lowest BCUT2D eigenvalue weighted by Crippen LogP contribution is -2.50. The third kappa shape index (κ3) is 11.0. The summed E-state index contributed by atoms with van der Waals surface area (Å²) in [5.41, 5.74) is 0. The molecule has 0 bridgehead atoms. The predicted octanol–water partition coefficient (Wildman–Crippen LogP) is -2.82. The minimum Gasteiger partial charge on any atom is -0.394 e. The molecular weight excluding hydrogens is 316 g/mol. The summed E-state index contributed by atoms with van der Waals surface area (Å²) in [5, 5.41) is 34.4. The van der Waals surface area contributed by atoms with E-state index in [2.05, 4.69) is 19.6 Å².